The number of hydrogen-bond acceptors (Lipinski definition) is 2. The number of rotatable bonds is 1. The quantitative estimate of drug-likeness (QED) is 0.673. The van der Waals surface area contributed by atoms with Gasteiger partial charge in [0.05, 0.1) is 12.0 Å². The molecule has 1 heterocycles. The number of carbonyl (C=O) groups is 2. The molecule has 2 atom stereocenters. The predicted molar refractivity (Wildman–Crippen MR) is 46.0 cm³/mol. The molecule has 6 heteroatoms. The smallest absolute Gasteiger partial charge is 0.332 e. The minimum absolute atomic E-state index is 0.307. The van der Waals surface area contributed by atoms with Gasteiger partial charge in [0, 0.05) is 13.5 Å². The van der Waals surface area contributed by atoms with E-state index in [-0.39, 0.29) is 6.42 Å². The van der Waals surface area contributed by atoms with Gasteiger partial charge in [0.1, 0.15) is 0 Å². The van der Waals surface area contributed by atoms with Crippen LogP contribution in [0.3, 0.4) is 0 Å². The fourth-order valence-corrected chi connectivity index (χ4v) is 1.81. The Labute approximate surface area is 85.2 Å². The average molecular weight is 223 g/mol. The molecule has 1 amide bonds. The number of ketones is 1. The standard InChI is InChI=1S/C9H12F3NO2/c1-5(14)8-3-7(9(10,11)12)4-13(8)6(2)15/h7-8H,3-4H2,1-2H3/t7-,8+/m1/s1. The summed E-state index contributed by atoms with van der Waals surface area (Å²) in [4.78, 5) is 23.1. The maximum atomic E-state index is 12.4. The summed E-state index contributed by atoms with van der Waals surface area (Å²) in [6.07, 6.45) is -4.64. The summed E-state index contributed by atoms with van der Waals surface area (Å²) in [6.45, 7) is 1.98. The van der Waals surface area contributed by atoms with Gasteiger partial charge in [0.15, 0.2) is 5.78 Å². The molecule has 1 saturated heterocycles. The van der Waals surface area contributed by atoms with Crippen LogP contribution < -0.4 is 0 Å². The van der Waals surface area contributed by atoms with Crippen molar-refractivity contribution < 1.29 is 22.8 Å². The van der Waals surface area contributed by atoms with E-state index < -0.39 is 36.4 Å². The predicted octanol–water partition coefficient (Wildman–Crippen LogP) is 1.37. The third kappa shape index (κ3) is 2.49. The number of halogens is 3. The second-order valence-electron chi connectivity index (χ2n) is 3.77. The molecule has 0 aromatic carbocycles. The molecule has 0 N–H and O–H groups in total. The van der Waals surface area contributed by atoms with Crippen molar-refractivity contribution in [2.24, 2.45) is 5.92 Å². The first-order valence-electron chi connectivity index (χ1n) is 4.58. The van der Waals surface area contributed by atoms with Crippen LogP contribution in [0, 0.1) is 5.92 Å². The summed E-state index contributed by atoms with van der Waals surface area (Å²) >= 11 is 0. The van der Waals surface area contributed by atoms with Crippen molar-refractivity contribution in [3.05, 3.63) is 0 Å². The van der Waals surface area contributed by atoms with E-state index in [4.69, 9.17) is 0 Å². The zero-order valence-electron chi connectivity index (χ0n) is 8.47. The van der Waals surface area contributed by atoms with Gasteiger partial charge in [-0.1, -0.05) is 0 Å². The second kappa shape index (κ2) is 3.83. The lowest BCUT2D eigenvalue weighted by molar-refractivity contribution is -0.171. The molecule has 1 aliphatic rings. The fraction of sp³-hybridized carbons (Fsp3) is 0.778. The fourth-order valence-electron chi connectivity index (χ4n) is 1.81. The van der Waals surface area contributed by atoms with Gasteiger partial charge >= 0.3 is 6.18 Å². The van der Waals surface area contributed by atoms with Gasteiger partial charge < -0.3 is 4.90 Å². The number of Topliss-reactive ketones (excluding diaryl/α,β-unsaturated/α-hetero) is 1. The van der Waals surface area contributed by atoms with Crippen molar-refractivity contribution in [2.75, 3.05) is 6.54 Å². The number of carbonyl (C=O) groups excluding carboxylic acids is 2. The first-order chi connectivity index (χ1) is 6.73. The van der Waals surface area contributed by atoms with E-state index in [9.17, 15) is 22.8 Å². The van der Waals surface area contributed by atoms with Crippen LogP contribution in [0.2, 0.25) is 0 Å². The van der Waals surface area contributed by atoms with Crippen molar-refractivity contribution in [1.82, 2.24) is 4.90 Å². The molecular formula is C9H12F3NO2. The summed E-state index contributed by atoms with van der Waals surface area (Å²) in [5.41, 5.74) is 0. The van der Waals surface area contributed by atoms with Gasteiger partial charge in [-0.2, -0.15) is 13.2 Å². The normalized spacial score (nSPS) is 26.9. The first-order valence-corrected chi connectivity index (χ1v) is 4.58. The van der Waals surface area contributed by atoms with E-state index in [0.29, 0.717) is 0 Å². The lowest BCUT2D eigenvalue weighted by Crippen LogP contribution is -2.38. The number of nitrogens with zero attached hydrogens (tertiary/aromatic N) is 1. The SMILES string of the molecule is CC(=O)[C@@H]1C[C@@H](C(F)(F)F)CN1C(C)=O. The molecule has 0 saturated carbocycles. The molecular weight excluding hydrogens is 211 g/mol. The van der Waals surface area contributed by atoms with E-state index >= 15 is 0 Å². The zero-order valence-corrected chi connectivity index (χ0v) is 8.47. The Hall–Kier alpha value is -1.07. The van der Waals surface area contributed by atoms with Gasteiger partial charge in [-0.25, -0.2) is 0 Å². The summed E-state index contributed by atoms with van der Waals surface area (Å²) in [6, 6.07) is -0.908. The zero-order chi connectivity index (χ0) is 11.8. The second-order valence-corrected chi connectivity index (χ2v) is 3.77. The average Bonchev–Trinajstić information content (AvgIpc) is 2.45. The molecule has 0 unspecified atom stereocenters. The maximum absolute atomic E-state index is 12.4. The third-order valence-electron chi connectivity index (χ3n) is 2.64. The van der Waals surface area contributed by atoms with E-state index in [1.807, 2.05) is 0 Å². The van der Waals surface area contributed by atoms with Gasteiger partial charge in [-0.15, -0.1) is 0 Å². The minimum Gasteiger partial charge on any atom is -0.332 e. The van der Waals surface area contributed by atoms with E-state index in [1.54, 1.807) is 0 Å². The largest absolute Gasteiger partial charge is 0.393 e. The highest BCUT2D eigenvalue weighted by Crippen LogP contribution is 2.36. The van der Waals surface area contributed by atoms with Crippen LogP contribution in [-0.4, -0.2) is 35.4 Å². The van der Waals surface area contributed by atoms with Gasteiger partial charge in [-0.05, 0) is 13.3 Å². The molecule has 86 valence electrons. The Kier molecular flexibility index (Phi) is 3.06. The van der Waals surface area contributed by atoms with Gasteiger partial charge in [0.25, 0.3) is 0 Å². The number of amides is 1. The van der Waals surface area contributed by atoms with Crippen LogP contribution in [0.1, 0.15) is 20.3 Å². The first kappa shape index (κ1) is 12.0. The Balaban J connectivity index is 2.83. The molecule has 0 radical (unpaired) electrons. The molecule has 3 nitrogen and oxygen atoms in total. The topological polar surface area (TPSA) is 37.4 Å². The molecule has 1 rings (SSSR count). The van der Waals surface area contributed by atoms with E-state index in [2.05, 4.69) is 0 Å². The highest BCUT2D eigenvalue weighted by molar-refractivity contribution is 5.87. The van der Waals surface area contributed by atoms with Crippen molar-refractivity contribution in [3.63, 3.8) is 0 Å². The van der Waals surface area contributed by atoms with E-state index in [0.717, 1.165) is 4.90 Å². The molecule has 0 spiro atoms. The summed E-state index contributed by atoms with van der Waals surface area (Å²) < 4.78 is 37.2. The van der Waals surface area contributed by atoms with Crippen LogP contribution >= 0.6 is 0 Å². The molecule has 0 aromatic heterocycles. The molecule has 0 bridgehead atoms. The van der Waals surface area contributed by atoms with Gasteiger partial charge in [0.2, 0.25) is 5.91 Å². The third-order valence-corrected chi connectivity index (χ3v) is 2.64. The summed E-state index contributed by atoms with van der Waals surface area (Å²) in [5, 5.41) is 0. The summed E-state index contributed by atoms with van der Waals surface area (Å²) in [7, 11) is 0. The summed E-state index contributed by atoms with van der Waals surface area (Å²) in [5.74, 6) is -2.45. The van der Waals surface area contributed by atoms with Crippen LogP contribution in [0.4, 0.5) is 13.2 Å². The number of likely N-dealkylation sites (tertiary alicyclic amines) is 1. The lowest BCUT2D eigenvalue weighted by atomic mass is 10.0. The highest BCUT2D eigenvalue weighted by Gasteiger charge is 2.49. The molecule has 0 aromatic rings. The van der Waals surface area contributed by atoms with Crippen LogP contribution in [0.15, 0.2) is 0 Å². The van der Waals surface area contributed by atoms with E-state index in [1.165, 1.54) is 13.8 Å². The van der Waals surface area contributed by atoms with Gasteiger partial charge in [-0.3, -0.25) is 9.59 Å². The van der Waals surface area contributed by atoms with Crippen molar-refractivity contribution in [2.45, 2.75) is 32.5 Å². The monoisotopic (exact) mass is 223 g/mol. The Morgan fingerprint density at radius 2 is 1.80 bits per heavy atom. The highest BCUT2D eigenvalue weighted by atomic mass is 19.4. The Bertz CT molecular complexity index is 266. The molecule has 1 aliphatic heterocycles. The van der Waals surface area contributed by atoms with Crippen LogP contribution in [0.5, 0.6) is 0 Å². The van der Waals surface area contributed by atoms with Crippen molar-refractivity contribution in [3.8, 4) is 0 Å². The Morgan fingerprint density at radius 1 is 1.27 bits per heavy atom. The lowest BCUT2D eigenvalue weighted by Gasteiger charge is -2.20. The van der Waals surface area contributed by atoms with Crippen molar-refractivity contribution >= 4 is 11.7 Å². The van der Waals surface area contributed by atoms with Crippen LogP contribution in [0.25, 0.3) is 0 Å². The number of hydrogen-bond donors (Lipinski definition) is 0. The number of alkyl halides is 3. The molecule has 0 aliphatic carbocycles. The molecule has 15 heavy (non-hydrogen) atoms. The maximum Gasteiger partial charge on any atom is 0.393 e. The molecule has 1 fully saturated rings. The minimum atomic E-state index is -4.34. The Morgan fingerprint density at radius 3 is 2.07 bits per heavy atom. The van der Waals surface area contributed by atoms with Crippen LogP contribution in [-0.2, 0) is 9.59 Å². The van der Waals surface area contributed by atoms with Crippen molar-refractivity contribution in [1.29, 1.82) is 0 Å².